The molecule has 0 unspecified atom stereocenters. The molecule has 1 aromatic carbocycles. The highest BCUT2D eigenvalue weighted by atomic mass is 32.2. The average Bonchev–Trinajstić information content (AvgIpc) is 2.73. The predicted octanol–water partition coefficient (Wildman–Crippen LogP) is 3.83. The minimum absolute atomic E-state index is 0.102. The number of ether oxygens (including phenoxy) is 1. The molecule has 1 saturated carbocycles. The molecule has 1 amide bonds. The molecule has 1 N–H and O–H groups in total. The van der Waals surface area contributed by atoms with Gasteiger partial charge in [-0.25, -0.2) is 17.8 Å². The fourth-order valence-electron chi connectivity index (χ4n) is 4.53. The number of carbonyl (C=O) groups excluding carboxylic acids is 1. The predicted molar refractivity (Wildman–Crippen MR) is 118 cm³/mol. The molecule has 2 aromatic rings. The van der Waals surface area contributed by atoms with Crippen LogP contribution in [0.2, 0.25) is 0 Å². The zero-order valence-electron chi connectivity index (χ0n) is 18.7. The third-order valence-corrected chi connectivity index (χ3v) is 8.05. The number of sulfonamides is 1. The molecule has 1 aliphatic heterocycles. The van der Waals surface area contributed by atoms with Gasteiger partial charge in [-0.1, -0.05) is 18.7 Å². The smallest absolute Gasteiger partial charge is 0.417 e. The zero-order chi connectivity index (χ0) is 25.6. The van der Waals surface area contributed by atoms with Crippen molar-refractivity contribution in [2.75, 3.05) is 19.7 Å². The van der Waals surface area contributed by atoms with Gasteiger partial charge in [0.2, 0.25) is 10.0 Å². The topological polar surface area (TPSA) is 88.6 Å². The summed E-state index contributed by atoms with van der Waals surface area (Å²) in [5.41, 5.74) is -1.76. The minimum Gasteiger partial charge on any atom is -0.494 e. The van der Waals surface area contributed by atoms with Crippen molar-refractivity contribution in [2.24, 2.45) is 5.41 Å². The van der Waals surface area contributed by atoms with Gasteiger partial charge in [-0.15, -0.1) is 0 Å². The summed E-state index contributed by atoms with van der Waals surface area (Å²) in [7, 11) is -3.96. The molecule has 12 heteroatoms. The minimum atomic E-state index is -4.65. The van der Waals surface area contributed by atoms with Crippen molar-refractivity contribution >= 4 is 21.7 Å². The molecule has 2 aliphatic rings. The fraction of sp³-hybridized carbons (Fsp3) is 0.391. The van der Waals surface area contributed by atoms with E-state index in [-0.39, 0.29) is 53.1 Å². The molecule has 0 radical (unpaired) electrons. The molecule has 1 saturated heterocycles. The molecule has 2 fully saturated rings. The van der Waals surface area contributed by atoms with E-state index in [1.807, 2.05) is 0 Å². The van der Waals surface area contributed by atoms with Gasteiger partial charge >= 0.3 is 6.18 Å². The number of benzene rings is 1. The molecule has 1 aromatic heterocycles. The first-order valence-electron chi connectivity index (χ1n) is 10.8. The maximum atomic E-state index is 14.0. The van der Waals surface area contributed by atoms with Gasteiger partial charge in [0.15, 0.2) is 0 Å². The fourth-order valence-corrected chi connectivity index (χ4v) is 6.26. The molecule has 35 heavy (non-hydrogen) atoms. The summed E-state index contributed by atoms with van der Waals surface area (Å²) in [6, 6.07) is 5.62. The lowest BCUT2D eigenvalue weighted by Gasteiger charge is -2.58. The van der Waals surface area contributed by atoms with Gasteiger partial charge in [0, 0.05) is 36.3 Å². The molecule has 188 valence electrons. The average molecular weight is 514 g/mol. The van der Waals surface area contributed by atoms with Crippen LogP contribution in [0.5, 0.6) is 0 Å². The Balaban J connectivity index is 1.40. The standard InChI is InChI=1S/C23H23F4N3O4S/c1-3-34-14(2)17-8-15(23(25,26)27)11-28-20(17)21(31)29-16-9-22(10-16)12-30(13-22)35(32,33)19-7-5-4-6-18(19)24/h4-8,11,16H,2-3,9-10,12-13H2,1H3,(H,29,31). The zero-order valence-corrected chi connectivity index (χ0v) is 19.5. The summed E-state index contributed by atoms with van der Waals surface area (Å²) in [6.07, 6.45) is -3.12. The number of amides is 1. The van der Waals surface area contributed by atoms with Crippen molar-refractivity contribution in [3.63, 3.8) is 0 Å². The van der Waals surface area contributed by atoms with Gasteiger partial charge in [-0.2, -0.15) is 17.5 Å². The lowest BCUT2D eigenvalue weighted by Crippen LogP contribution is -2.67. The number of carbonyl (C=O) groups is 1. The van der Waals surface area contributed by atoms with E-state index in [0.29, 0.717) is 19.0 Å². The van der Waals surface area contributed by atoms with Crippen molar-refractivity contribution in [2.45, 2.75) is 36.9 Å². The highest BCUT2D eigenvalue weighted by molar-refractivity contribution is 7.89. The molecule has 1 spiro atoms. The van der Waals surface area contributed by atoms with Crippen molar-refractivity contribution < 1.29 is 35.5 Å². The molecule has 0 bridgehead atoms. The van der Waals surface area contributed by atoms with Gasteiger partial charge in [-0.3, -0.25) is 4.79 Å². The van der Waals surface area contributed by atoms with Crippen LogP contribution in [0.4, 0.5) is 17.6 Å². The van der Waals surface area contributed by atoms with E-state index in [9.17, 15) is 30.8 Å². The summed E-state index contributed by atoms with van der Waals surface area (Å²) >= 11 is 0. The van der Waals surface area contributed by atoms with Crippen LogP contribution in [0.1, 0.15) is 41.4 Å². The van der Waals surface area contributed by atoms with E-state index in [1.54, 1.807) is 6.92 Å². The Kier molecular flexibility index (Phi) is 6.39. The first-order valence-corrected chi connectivity index (χ1v) is 12.3. The molecule has 4 rings (SSSR count). The Morgan fingerprint density at radius 1 is 1.29 bits per heavy atom. The number of nitrogens with one attached hydrogen (secondary N) is 1. The summed E-state index contributed by atoms with van der Waals surface area (Å²) < 4.78 is 85.1. The second kappa shape index (κ2) is 8.90. The number of alkyl halides is 3. The Bertz CT molecular complexity index is 1270. The largest absolute Gasteiger partial charge is 0.494 e. The monoisotopic (exact) mass is 513 g/mol. The SMILES string of the molecule is C=C(OCC)c1cc(C(F)(F)F)cnc1C(=O)NC1CC2(C1)CN(S(=O)(=O)c1ccccc1F)C2. The van der Waals surface area contributed by atoms with Crippen molar-refractivity contribution in [1.29, 1.82) is 0 Å². The second-order valence-corrected chi connectivity index (χ2v) is 10.7. The summed E-state index contributed by atoms with van der Waals surface area (Å²) in [4.78, 5) is 16.1. The van der Waals surface area contributed by atoms with Gasteiger partial charge < -0.3 is 10.1 Å². The van der Waals surface area contributed by atoms with Crippen LogP contribution in [-0.4, -0.2) is 49.4 Å². The van der Waals surface area contributed by atoms with Gasteiger partial charge in [0.25, 0.3) is 5.91 Å². The van der Waals surface area contributed by atoms with Crippen LogP contribution < -0.4 is 5.32 Å². The molecule has 0 atom stereocenters. The van der Waals surface area contributed by atoms with E-state index in [4.69, 9.17) is 4.74 Å². The summed E-state index contributed by atoms with van der Waals surface area (Å²) in [5.74, 6) is -1.60. The van der Waals surface area contributed by atoms with Crippen LogP contribution in [0.25, 0.3) is 5.76 Å². The molecular weight excluding hydrogens is 490 g/mol. The number of halogens is 4. The van der Waals surface area contributed by atoms with E-state index >= 15 is 0 Å². The molecular formula is C23H23F4N3O4S. The number of hydrogen-bond donors (Lipinski definition) is 1. The number of aromatic nitrogens is 1. The third kappa shape index (κ3) is 4.76. The highest BCUT2D eigenvalue weighted by Crippen LogP contribution is 2.50. The Hall–Kier alpha value is -2.99. The molecule has 2 heterocycles. The third-order valence-electron chi connectivity index (χ3n) is 6.22. The van der Waals surface area contributed by atoms with Crippen LogP contribution in [0.3, 0.4) is 0 Å². The van der Waals surface area contributed by atoms with E-state index in [0.717, 1.165) is 12.1 Å². The van der Waals surface area contributed by atoms with E-state index in [1.165, 1.54) is 22.5 Å². The highest BCUT2D eigenvalue weighted by Gasteiger charge is 2.56. The van der Waals surface area contributed by atoms with Crippen LogP contribution in [0.15, 0.2) is 48.0 Å². The molecule has 7 nitrogen and oxygen atoms in total. The van der Waals surface area contributed by atoms with E-state index in [2.05, 4.69) is 16.9 Å². The lowest BCUT2D eigenvalue weighted by atomic mass is 9.61. The molecule has 1 aliphatic carbocycles. The normalized spacial score (nSPS) is 18.0. The maximum absolute atomic E-state index is 14.0. The maximum Gasteiger partial charge on any atom is 0.417 e. The first-order chi connectivity index (χ1) is 16.4. The van der Waals surface area contributed by atoms with Crippen molar-refractivity contribution in [3.05, 3.63) is 65.7 Å². The number of hydrogen-bond acceptors (Lipinski definition) is 5. The Labute approximate surface area is 199 Å². The summed E-state index contributed by atoms with van der Waals surface area (Å²) in [5, 5.41) is 2.74. The Morgan fingerprint density at radius 3 is 2.54 bits per heavy atom. The van der Waals surface area contributed by atoms with Gasteiger partial charge in [0.1, 0.15) is 22.2 Å². The van der Waals surface area contributed by atoms with E-state index < -0.39 is 33.5 Å². The van der Waals surface area contributed by atoms with Crippen LogP contribution >= 0.6 is 0 Å². The van der Waals surface area contributed by atoms with Gasteiger partial charge in [0.05, 0.1) is 12.2 Å². The quantitative estimate of drug-likeness (QED) is 0.449. The van der Waals surface area contributed by atoms with Crippen molar-refractivity contribution in [1.82, 2.24) is 14.6 Å². The second-order valence-electron chi connectivity index (χ2n) is 8.76. The van der Waals surface area contributed by atoms with Crippen molar-refractivity contribution in [3.8, 4) is 0 Å². The first kappa shape index (κ1) is 25.1. The summed E-state index contributed by atoms with van der Waals surface area (Å²) in [6.45, 7) is 5.77. The van der Waals surface area contributed by atoms with Crippen LogP contribution in [0, 0.1) is 11.2 Å². The van der Waals surface area contributed by atoms with Gasteiger partial charge in [-0.05, 0) is 38.0 Å². The number of rotatable bonds is 7. The lowest BCUT2D eigenvalue weighted by molar-refractivity contribution is -0.137. The number of pyridine rings is 1. The Morgan fingerprint density at radius 2 is 1.94 bits per heavy atom. The number of nitrogens with zero attached hydrogens (tertiary/aromatic N) is 2. The van der Waals surface area contributed by atoms with Crippen LogP contribution in [-0.2, 0) is 20.9 Å².